The molecular formula is C10H13Br. The molecule has 0 bridgehead atoms. The van der Waals surface area contributed by atoms with E-state index in [0.29, 0.717) is 4.83 Å². The first-order valence-corrected chi connectivity index (χ1v) is 4.74. The topological polar surface area (TPSA) is 0 Å². The zero-order valence-electron chi connectivity index (χ0n) is 7.19. The van der Waals surface area contributed by atoms with Crippen LogP contribution in [0.2, 0.25) is 0 Å². The molecule has 0 fully saturated rings. The van der Waals surface area contributed by atoms with Crippen LogP contribution in [-0.4, -0.2) is 0 Å². The van der Waals surface area contributed by atoms with E-state index in [-0.39, 0.29) is 0 Å². The fourth-order valence-electron chi connectivity index (χ4n) is 1.01. The maximum atomic E-state index is 3.54. The summed E-state index contributed by atoms with van der Waals surface area (Å²) >= 11 is 3.54. The van der Waals surface area contributed by atoms with Crippen molar-refractivity contribution in [1.29, 1.82) is 0 Å². The number of rotatable bonds is 1. The molecule has 1 heteroatoms. The Labute approximate surface area is 76.8 Å². The van der Waals surface area contributed by atoms with Crippen LogP contribution in [0.1, 0.15) is 28.4 Å². The van der Waals surface area contributed by atoms with Crippen LogP contribution in [0, 0.1) is 13.8 Å². The Hall–Kier alpha value is -0.300. The summed E-state index contributed by atoms with van der Waals surface area (Å²) < 4.78 is 0. The second-order valence-electron chi connectivity index (χ2n) is 2.96. The highest BCUT2D eigenvalue weighted by molar-refractivity contribution is 9.09. The fourth-order valence-corrected chi connectivity index (χ4v) is 1.30. The normalized spacial score (nSPS) is 13.1. The molecule has 0 saturated heterocycles. The lowest BCUT2D eigenvalue weighted by atomic mass is 10.1. The van der Waals surface area contributed by atoms with Crippen LogP contribution in [0.4, 0.5) is 0 Å². The van der Waals surface area contributed by atoms with Crippen molar-refractivity contribution in [3.63, 3.8) is 0 Å². The van der Waals surface area contributed by atoms with E-state index >= 15 is 0 Å². The molecule has 0 N–H and O–H groups in total. The van der Waals surface area contributed by atoms with Crippen molar-refractivity contribution in [1.82, 2.24) is 0 Å². The SMILES string of the molecule is Cc1ccc([C@H](C)Br)cc1C. The van der Waals surface area contributed by atoms with Crippen LogP contribution in [0.3, 0.4) is 0 Å². The minimum Gasteiger partial charge on any atom is -0.0842 e. The van der Waals surface area contributed by atoms with Crippen molar-refractivity contribution >= 4 is 15.9 Å². The molecule has 0 aromatic heterocycles. The monoisotopic (exact) mass is 212 g/mol. The number of aryl methyl sites for hydroxylation is 2. The molecule has 0 aliphatic carbocycles. The summed E-state index contributed by atoms with van der Waals surface area (Å²) in [5.41, 5.74) is 4.09. The molecule has 60 valence electrons. The lowest BCUT2D eigenvalue weighted by Gasteiger charge is -2.06. The third kappa shape index (κ3) is 2.06. The summed E-state index contributed by atoms with van der Waals surface area (Å²) in [6, 6.07) is 6.57. The highest BCUT2D eigenvalue weighted by atomic mass is 79.9. The van der Waals surface area contributed by atoms with Gasteiger partial charge in [-0.15, -0.1) is 0 Å². The summed E-state index contributed by atoms with van der Waals surface area (Å²) in [5.74, 6) is 0. The van der Waals surface area contributed by atoms with Gasteiger partial charge in [-0.1, -0.05) is 34.1 Å². The first kappa shape index (κ1) is 8.79. The molecule has 0 radical (unpaired) electrons. The maximum absolute atomic E-state index is 3.54. The number of benzene rings is 1. The number of hydrogen-bond donors (Lipinski definition) is 0. The minimum absolute atomic E-state index is 0.460. The minimum atomic E-state index is 0.460. The van der Waals surface area contributed by atoms with E-state index in [0.717, 1.165) is 0 Å². The van der Waals surface area contributed by atoms with Crippen molar-refractivity contribution in [2.24, 2.45) is 0 Å². The number of hydrogen-bond acceptors (Lipinski definition) is 0. The molecule has 1 rings (SSSR count). The quantitative estimate of drug-likeness (QED) is 0.623. The highest BCUT2D eigenvalue weighted by Crippen LogP contribution is 2.23. The predicted octanol–water partition coefficient (Wildman–Crippen LogP) is 3.76. The summed E-state index contributed by atoms with van der Waals surface area (Å²) in [6.45, 7) is 6.43. The lowest BCUT2D eigenvalue weighted by Crippen LogP contribution is -1.86. The van der Waals surface area contributed by atoms with Crippen LogP contribution in [0.25, 0.3) is 0 Å². The van der Waals surface area contributed by atoms with Crippen molar-refractivity contribution in [2.75, 3.05) is 0 Å². The zero-order valence-corrected chi connectivity index (χ0v) is 8.77. The average Bonchev–Trinajstić information content (AvgIpc) is 1.94. The van der Waals surface area contributed by atoms with Gasteiger partial charge in [0.2, 0.25) is 0 Å². The second kappa shape index (κ2) is 3.40. The van der Waals surface area contributed by atoms with Crippen LogP contribution >= 0.6 is 15.9 Å². The van der Waals surface area contributed by atoms with Crippen LogP contribution in [0.15, 0.2) is 18.2 Å². The summed E-state index contributed by atoms with van der Waals surface area (Å²) in [5, 5.41) is 0. The van der Waals surface area contributed by atoms with Gasteiger partial charge in [0.15, 0.2) is 0 Å². The van der Waals surface area contributed by atoms with Gasteiger partial charge in [0.25, 0.3) is 0 Å². The average molecular weight is 213 g/mol. The third-order valence-electron chi connectivity index (χ3n) is 1.99. The highest BCUT2D eigenvalue weighted by Gasteiger charge is 2.00. The second-order valence-corrected chi connectivity index (χ2v) is 4.33. The number of halogens is 1. The fraction of sp³-hybridized carbons (Fsp3) is 0.400. The Kier molecular flexibility index (Phi) is 2.72. The molecule has 1 aromatic rings. The molecule has 0 spiro atoms. The van der Waals surface area contributed by atoms with E-state index < -0.39 is 0 Å². The van der Waals surface area contributed by atoms with Gasteiger partial charge in [-0.2, -0.15) is 0 Å². The smallest absolute Gasteiger partial charge is 0.0367 e. The van der Waals surface area contributed by atoms with E-state index in [9.17, 15) is 0 Å². The Bertz CT molecular complexity index is 251. The van der Waals surface area contributed by atoms with Crippen molar-refractivity contribution < 1.29 is 0 Å². The van der Waals surface area contributed by atoms with Gasteiger partial charge in [0.1, 0.15) is 0 Å². The van der Waals surface area contributed by atoms with Crippen LogP contribution in [0.5, 0.6) is 0 Å². The molecule has 1 atom stereocenters. The van der Waals surface area contributed by atoms with Gasteiger partial charge in [-0.25, -0.2) is 0 Å². The molecule has 11 heavy (non-hydrogen) atoms. The van der Waals surface area contributed by atoms with Gasteiger partial charge in [0.05, 0.1) is 0 Å². The summed E-state index contributed by atoms with van der Waals surface area (Å²) in [6.07, 6.45) is 0. The molecular weight excluding hydrogens is 200 g/mol. The molecule has 0 heterocycles. The lowest BCUT2D eigenvalue weighted by molar-refractivity contribution is 1.11. The molecule has 0 amide bonds. The Morgan fingerprint density at radius 2 is 1.82 bits per heavy atom. The van der Waals surface area contributed by atoms with Crippen molar-refractivity contribution in [2.45, 2.75) is 25.6 Å². The summed E-state index contributed by atoms with van der Waals surface area (Å²) in [4.78, 5) is 0.460. The molecule has 0 aliphatic heterocycles. The van der Waals surface area contributed by atoms with E-state index in [1.165, 1.54) is 16.7 Å². The van der Waals surface area contributed by atoms with Crippen LogP contribution < -0.4 is 0 Å². The predicted molar refractivity (Wildman–Crippen MR) is 53.3 cm³/mol. The van der Waals surface area contributed by atoms with Crippen LogP contribution in [-0.2, 0) is 0 Å². The Morgan fingerprint density at radius 1 is 1.18 bits per heavy atom. The summed E-state index contributed by atoms with van der Waals surface area (Å²) in [7, 11) is 0. The molecule has 0 unspecified atom stereocenters. The first-order chi connectivity index (χ1) is 5.11. The Morgan fingerprint density at radius 3 is 2.27 bits per heavy atom. The largest absolute Gasteiger partial charge is 0.0842 e. The van der Waals surface area contributed by atoms with Gasteiger partial charge < -0.3 is 0 Å². The molecule has 0 saturated carbocycles. The maximum Gasteiger partial charge on any atom is 0.0367 e. The molecule has 0 aliphatic rings. The standard InChI is InChI=1S/C10H13Br/c1-7-4-5-10(9(3)11)6-8(7)2/h4-6,9H,1-3H3/t9-/m0/s1. The van der Waals surface area contributed by atoms with Crippen molar-refractivity contribution in [3.8, 4) is 0 Å². The van der Waals surface area contributed by atoms with E-state index in [1.54, 1.807) is 0 Å². The van der Waals surface area contributed by atoms with Gasteiger partial charge in [-0.3, -0.25) is 0 Å². The molecule has 0 nitrogen and oxygen atoms in total. The van der Waals surface area contributed by atoms with E-state index in [4.69, 9.17) is 0 Å². The number of alkyl halides is 1. The van der Waals surface area contributed by atoms with Gasteiger partial charge >= 0.3 is 0 Å². The first-order valence-electron chi connectivity index (χ1n) is 3.82. The third-order valence-corrected chi connectivity index (χ3v) is 2.52. The van der Waals surface area contributed by atoms with E-state index in [2.05, 4.69) is 54.9 Å². The van der Waals surface area contributed by atoms with Crippen molar-refractivity contribution in [3.05, 3.63) is 34.9 Å². The van der Waals surface area contributed by atoms with E-state index in [1.807, 2.05) is 0 Å². The molecule has 1 aromatic carbocycles. The van der Waals surface area contributed by atoms with Gasteiger partial charge in [-0.05, 0) is 37.5 Å². The van der Waals surface area contributed by atoms with Gasteiger partial charge in [0, 0.05) is 4.83 Å². The Balaban J connectivity index is 3.05. The zero-order chi connectivity index (χ0) is 8.43.